The first-order valence-corrected chi connectivity index (χ1v) is 11.4. The molecule has 5 rings (SSSR count). The van der Waals surface area contributed by atoms with Crippen molar-refractivity contribution in [2.24, 2.45) is 0 Å². The molecule has 10 heteroatoms. The van der Waals surface area contributed by atoms with E-state index in [1.54, 1.807) is 0 Å². The number of amides is 2. The highest BCUT2D eigenvalue weighted by Gasteiger charge is 2.30. The molecule has 1 aliphatic heterocycles. The molecule has 184 valence electrons. The maximum absolute atomic E-state index is 13.1. The fourth-order valence-electron chi connectivity index (χ4n) is 4.22. The van der Waals surface area contributed by atoms with Gasteiger partial charge in [-0.25, -0.2) is 4.98 Å². The first kappa shape index (κ1) is 23.5. The summed E-state index contributed by atoms with van der Waals surface area (Å²) in [4.78, 5) is 42.8. The van der Waals surface area contributed by atoms with Gasteiger partial charge in [0.2, 0.25) is 11.9 Å². The fraction of sp³-hybridized carbons (Fsp3) is 0.0741. The van der Waals surface area contributed by atoms with Gasteiger partial charge < -0.3 is 15.6 Å². The van der Waals surface area contributed by atoms with Crippen LogP contribution in [0.3, 0.4) is 0 Å². The number of rotatable bonds is 6. The molecule has 0 radical (unpaired) electrons. The Bertz CT molecular complexity index is 1570. The number of hydrogen-bond acceptors (Lipinski definition) is 6. The topological polar surface area (TPSA) is 142 Å². The average Bonchev–Trinajstić information content (AvgIpc) is 3.40. The third-order valence-electron chi connectivity index (χ3n) is 5.88. The van der Waals surface area contributed by atoms with Crippen LogP contribution < -0.4 is 16.0 Å². The summed E-state index contributed by atoms with van der Waals surface area (Å²) in [6.07, 6.45) is 0. The van der Waals surface area contributed by atoms with Crippen LogP contribution in [0.25, 0.3) is 22.5 Å². The molecule has 0 spiro atoms. The minimum Gasteiger partial charge on any atom is -0.354 e. The molecule has 37 heavy (non-hydrogen) atoms. The van der Waals surface area contributed by atoms with Crippen molar-refractivity contribution in [3.8, 4) is 11.3 Å². The highest BCUT2D eigenvalue weighted by molar-refractivity contribution is 6.37. The van der Waals surface area contributed by atoms with Gasteiger partial charge in [0.1, 0.15) is 0 Å². The van der Waals surface area contributed by atoms with Gasteiger partial charge in [-0.3, -0.25) is 25.0 Å². The van der Waals surface area contributed by atoms with Crippen molar-refractivity contribution >= 4 is 46.1 Å². The van der Waals surface area contributed by atoms with Gasteiger partial charge in [0.15, 0.2) is 0 Å². The predicted octanol–water partition coefficient (Wildman–Crippen LogP) is 5.18. The first-order valence-electron chi connectivity index (χ1n) is 11.4. The second-order valence-electron chi connectivity index (χ2n) is 8.50. The van der Waals surface area contributed by atoms with Crippen LogP contribution in [0.2, 0.25) is 0 Å². The molecule has 0 bridgehead atoms. The Kier molecular flexibility index (Phi) is 5.98. The van der Waals surface area contributed by atoms with Crippen LogP contribution in [-0.4, -0.2) is 26.7 Å². The van der Waals surface area contributed by atoms with Crippen molar-refractivity contribution in [2.75, 3.05) is 16.0 Å². The lowest BCUT2D eigenvalue weighted by Crippen LogP contribution is -2.10. The highest BCUT2D eigenvalue weighted by atomic mass is 16.6. The van der Waals surface area contributed by atoms with E-state index >= 15 is 0 Å². The van der Waals surface area contributed by atoms with Crippen molar-refractivity contribution in [2.45, 2.75) is 13.8 Å². The summed E-state index contributed by atoms with van der Waals surface area (Å²) in [5, 5.41) is 20.2. The zero-order valence-corrected chi connectivity index (χ0v) is 20.0. The molecule has 4 aromatic rings. The smallest absolute Gasteiger partial charge is 0.270 e. The Morgan fingerprint density at radius 2 is 1.73 bits per heavy atom. The molecule has 1 aromatic heterocycles. The van der Waals surface area contributed by atoms with Crippen LogP contribution in [-0.2, 0) is 9.59 Å². The standard InChI is InChI=1S/C27H22N6O4/c1-15-24(32-27(28-15)29-16(2)34)18-8-10-19(11-9-18)30-25(17-6-4-3-5-7-17)23-21-14-20(33(36)37)12-13-22(21)31-26(23)35/h3-14,30H,1-2H3,(H,31,35)(H2,28,29,32,34). The number of carbonyl (C=O) groups is 2. The lowest BCUT2D eigenvalue weighted by Gasteiger charge is -2.15. The fourth-order valence-corrected chi connectivity index (χ4v) is 4.22. The van der Waals surface area contributed by atoms with E-state index in [-0.39, 0.29) is 17.5 Å². The summed E-state index contributed by atoms with van der Waals surface area (Å²) in [7, 11) is 0. The van der Waals surface area contributed by atoms with E-state index in [9.17, 15) is 19.7 Å². The van der Waals surface area contributed by atoms with Gasteiger partial charge in [0, 0.05) is 47.3 Å². The van der Waals surface area contributed by atoms with Gasteiger partial charge >= 0.3 is 0 Å². The molecule has 0 saturated heterocycles. The lowest BCUT2D eigenvalue weighted by molar-refractivity contribution is -0.384. The minimum absolute atomic E-state index is 0.0995. The molecule has 4 N–H and O–H groups in total. The van der Waals surface area contributed by atoms with Crippen LogP contribution in [0.4, 0.5) is 23.0 Å². The zero-order valence-electron chi connectivity index (χ0n) is 20.0. The molecule has 0 aliphatic carbocycles. The van der Waals surface area contributed by atoms with E-state index < -0.39 is 4.92 Å². The normalized spacial score (nSPS) is 13.5. The molecule has 0 unspecified atom stereocenters. The van der Waals surface area contributed by atoms with Gasteiger partial charge in [-0.05, 0) is 30.7 Å². The number of hydrogen-bond donors (Lipinski definition) is 4. The van der Waals surface area contributed by atoms with Crippen molar-refractivity contribution < 1.29 is 14.5 Å². The SMILES string of the molecule is CC(=O)Nc1nc(-c2ccc(NC(=C3C(=O)Nc4ccc([N+](=O)[O-])cc43)c3ccccc3)cc2)c(C)[nH]1. The summed E-state index contributed by atoms with van der Waals surface area (Å²) < 4.78 is 0. The van der Waals surface area contributed by atoms with E-state index in [0.29, 0.717) is 39.9 Å². The van der Waals surface area contributed by atoms with Crippen LogP contribution >= 0.6 is 0 Å². The summed E-state index contributed by atoms with van der Waals surface area (Å²) in [5.74, 6) is -0.196. The number of aromatic amines is 1. The molecule has 0 atom stereocenters. The highest BCUT2D eigenvalue weighted by Crippen LogP contribution is 2.39. The van der Waals surface area contributed by atoms with E-state index in [1.807, 2.05) is 61.5 Å². The van der Waals surface area contributed by atoms with Gasteiger partial charge in [-0.1, -0.05) is 42.5 Å². The maximum atomic E-state index is 13.1. The molecule has 0 saturated carbocycles. The molecule has 0 fully saturated rings. The van der Waals surface area contributed by atoms with E-state index in [1.165, 1.54) is 25.1 Å². The summed E-state index contributed by atoms with van der Waals surface area (Å²) >= 11 is 0. The van der Waals surface area contributed by atoms with Gasteiger partial charge in [0.05, 0.1) is 21.9 Å². The summed E-state index contributed by atoms with van der Waals surface area (Å²) in [5.41, 5.74) is 5.51. The molecule has 3 aromatic carbocycles. The van der Waals surface area contributed by atoms with Gasteiger partial charge in [-0.2, -0.15) is 0 Å². The number of aryl methyl sites for hydroxylation is 1. The van der Waals surface area contributed by atoms with E-state index in [2.05, 4.69) is 25.9 Å². The minimum atomic E-state index is -0.483. The zero-order chi connectivity index (χ0) is 26.1. The van der Waals surface area contributed by atoms with Crippen LogP contribution in [0.5, 0.6) is 0 Å². The third-order valence-corrected chi connectivity index (χ3v) is 5.88. The van der Waals surface area contributed by atoms with E-state index in [4.69, 9.17) is 0 Å². The average molecular weight is 495 g/mol. The number of non-ortho nitro benzene ring substituents is 1. The third kappa shape index (κ3) is 4.67. The number of nitro groups is 1. The molecule has 1 aliphatic rings. The maximum Gasteiger partial charge on any atom is 0.270 e. The van der Waals surface area contributed by atoms with Gasteiger partial charge in [0.25, 0.3) is 11.6 Å². The Balaban J connectivity index is 1.54. The lowest BCUT2D eigenvalue weighted by atomic mass is 9.99. The monoisotopic (exact) mass is 494 g/mol. The number of nitrogens with one attached hydrogen (secondary N) is 4. The van der Waals surface area contributed by atoms with E-state index in [0.717, 1.165) is 16.8 Å². The van der Waals surface area contributed by atoms with Crippen molar-refractivity contribution in [3.63, 3.8) is 0 Å². The number of carbonyl (C=O) groups excluding carboxylic acids is 2. The number of benzene rings is 3. The molecular weight excluding hydrogens is 472 g/mol. The quantitative estimate of drug-likeness (QED) is 0.165. The Hall–Kier alpha value is -5.25. The van der Waals surface area contributed by atoms with Crippen molar-refractivity contribution in [3.05, 3.63) is 99.7 Å². The number of nitro benzene ring substituents is 1. The number of H-pyrrole nitrogens is 1. The van der Waals surface area contributed by atoms with Crippen LogP contribution in [0.1, 0.15) is 23.7 Å². The Morgan fingerprint density at radius 1 is 1.00 bits per heavy atom. The predicted molar refractivity (Wildman–Crippen MR) is 142 cm³/mol. The molecule has 2 heterocycles. The first-order chi connectivity index (χ1) is 17.8. The number of aromatic nitrogens is 2. The largest absolute Gasteiger partial charge is 0.354 e. The Morgan fingerprint density at radius 3 is 2.41 bits per heavy atom. The molecular formula is C27H22N6O4. The Labute approximate surface area is 211 Å². The van der Waals surface area contributed by atoms with Crippen molar-refractivity contribution in [1.29, 1.82) is 0 Å². The van der Waals surface area contributed by atoms with Crippen LogP contribution in [0.15, 0.2) is 72.8 Å². The second kappa shape index (κ2) is 9.42. The molecule has 10 nitrogen and oxygen atoms in total. The van der Waals surface area contributed by atoms with Crippen LogP contribution in [0, 0.1) is 17.0 Å². The number of fused-ring (bicyclic) bond motifs is 1. The summed E-state index contributed by atoms with van der Waals surface area (Å²) in [6.45, 7) is 3.28. The number of anilines is 3. The summed E-state index contributed by atoms with van der Waals surface area (Å²) in [6, 6.07) is 21.1. The second-order valence-corrected chi connectivity index (χ2v) is 8.50. The van der Waals surface area contributed by atoms with Gasteiger partial charge in [-0.15, -0.1) is 0 Å². The van der Waals surface area contributed by atoms with Crippen molar-refractivity contribution in [1.82, 2.24) is 9.97 Å². The molecule has 2 amide bonds. The number of nitrogens with zero attached hydrogens (tertiary/aromatic N) is 2. The number of imidazole rings is 1.